The average Bonchev–Trinajstić information content (AvgIpc) is 2.23. The second-order valence-electron chi connectivity index (χ2n) is 7.83. The van der Waals surface area contributed by atoms with Crippen LogP contribution in [0, 0.1) is 5.92 Å². The Morgan fingerprint density at radius 1 is 1.24 bits per heavy atom. The molecule has 0 saturated carbocycles. The SMILES string of the molecule is CC(C)(C)NC(=O)C1CN(c2ccnc(C(C)(C)C)n2)C1. The highest BCUT2D eigenvalue weighted by atomic mass is 16.2. The van der Waals surface area contributed by atoms with Gasteiger partial charge in [-0.25, -0.2) is 9.97 Å². The van der Waals surface area contributed by atoms with Gasteiger partial charge in [0.25, 0.3) is 0 Å². The summed E-state index contributed by atoms with van der Waals surface area (Å²) in [4.78, 5) is 23.2. The summed E-state index contributed by atoms with van der Waals surface area (Å²) < 4.78 is 0. The number of nitrogens with one attached hydrogen (secondary N) is 1. The Hall–Kier alpha value is -1.65. The van der Waals surface area contributed by atoms with Crippen molar-refractivity contribution in [2.75, 3.05) is 18.0 Å². The molecule has 2 heterocycles. The van der Waals surface area contributed by atoms with Crippen LogP contribution in [0.1, 0.15) is 47.4 Å². The van der Waals surface area contributed by atoms with Crippen molar-refractivity contribution in [3.8, 4) is 0 Å². The van der Waals surface area contributed by atoms with Crippen LogP contribution in [0.5, 0.6) is 0 Å². The topological polar surface area (TPSA) is 58.1 Å². The third-order valence-electron chi connectivity index (χ3n) is 3.39. The van der Waals surface area contributed by atoms with Crippen LogP contribution in [0.25, 0.3) is 0 Å². The molecule has 2 rings (SSSR count). The Kier molecular flexibility index (Phi) is 3.95. The Labute approximate surface area is 127 Å². The van der Waals surface area contributed by atoms with Gasteiger partial charge >= 0.3 is 0 Å². The molecule has 1 amide bonds. The maximum absolute atomic E-state index is 12.1. The molecule has 0 aliphatic carbocycles. The number of carbonyl (C=O) groups is 1. The van der Waals surface area contributed by atoms with Crippen LogP contribution in [-0.4, -0.2) is 34.5 Å². The molecule has 0 aromatic carbocycles. The van der Waals surface area contributed by atoms with Gasteiger partial charge in [0.15, 0.2) is 0 Å². The van der Waals surface area contributed by atoms with Gasteiger partial charge in [-0.2, -0.15) is 0 Å². The minimum Gasteiger partial charge on any atom is -0.355 e. The van der Waals surface area contributed by atoms with E-state index >= 15 is 0 Å². The number of aromatic nitrogens is 2. The van der Waals surface area contributed by atoms with Crippen LogP contribution < -0.4 is 10.2 Å². The Bertz CT molecular complexity index is 522. The Morgan fingerprint density at radius 2 is 1.86 bits per heavy atom. The first-order valence-corrected chi connectivity index (χ1v) is 7.47. The highest BCUT2D eigenvalue weighted by molar-refractivity contribution is 5.82. The summed E-state index contributed by atoms with van der Waals surface area (Å²) >= 11 is 0. The highest BCUT2D eigenvalue weighted by Gasteiger charge is 2.35. The minimum absolute atomic E-state index is 0.0530. The summed E-state index contributed by atoms with van der Waals surface area (Å²) in [6.45, 7) is 13.8. The first-order chi connectivity index (χ1) is 9.56. The molecule has 1 N–H and O–H groups in total. The number of carbonyl (C=O) groups excluding carboxylic acids is 1. The zero-order valence-corrected chi connectivity index (χ0v) is 13.9. The van der Waals surface area contributed by atoms with Crippen molar-refractivity contribution < 1.29 is 4.79 Å². The first-order valence-electron chi connectivity index (χ1n) is 7.47. The van der Waals surface area contributed by atoms with Crippen molar-refractivity contribution in [2.45, 2.75) is 52.5 Å². The summed E-state index contributed by atoms with van der Waals surface area (Å²) in [5.74, 6) is 1.93. The quantitative estimate of drug-likeness (QED) is 0.906. The predicted molar refractivity (Wildman–Crippen MR) is 84.3 cm³/mol. The van der Waals surface area contributed by atoms with Crippen LogP contribution in [0.4, 0.5) is 5.82 Å². The predicted octanol–water partition coefficient (Wildman–Crippen LogP) is 2.12. The van der Waals surface area contributed by atoms with Gasteiger partial charge in [-0.15, -0.1) is 0 Å². The minimum atomic E-state index is -0.175. The highest BCUT2D eigenvalue weighted by Crippen LogP contribution is 2.25. The lowest BCUT2D eigenvalue weighted by Crippen LogP contribution is -2.56. The maximum atomic E-state index is 12.1. The van der Waals surface area contributed by atoms with E-state index < -0.39 is 0 Å². The second kappa shape index (κ2) is 5.28. The van der Waals surface area contributed by atoms with E-state index in [0.29, 0.717) is 0 Å². The molecule has 21 heavy (non-hydrogen) atoms. The normalized spacial score (nSPS) is 16.6. The number of hydrogen-bond donors (Lipinski definition) is 1. The number of hydrogen-bond acceptors (Lipinski definition) is 4. The molecule has 5 nitrogen and oxygen atoms in total. The molecule has 116 valence electrons. The zero-order valence-electron chi connectivity index (χ0n) is 13.9. The van der Waals surface area contributed by atoms with E-state index in [-0.39, 0.29) is 22.8 Å². The monoisotopic (exact) mass is 290 g/mol. The lowest BCUT2D eigenvalue weighted by molar-refractivity contribution is -0.127. The van der Waals surface area contributed by atoms with E-state index in [1.165, 1.54) is 0 Å². The van der Waals surface area contributed by atoms with E-state index in [2.05, 4.69) is 41.0 Å². The smallest absolute Gasteiger partial charge is 0.227 e. The van der Waals surface area contributed by atoms with E-state index in [9.17, 15) is 4.79 Å². The van der Waals surface area contributed by atoms with Crippen LogP contribution in [-0.2, 0) is 10.2 Å². The number of nitrogens with zero attached hydrogens (tertiary/aromatic N) is 3. The Morgan fingerprint density at radius 3 is 2.38 bits per heavy atom. The summed E-state index contributed by atoms with van der Waals surface area (Å²) in [7, 11) is 0. The molecule has 1 fully saturated rings. The van der Waals surface area contributed by atoms with Gasteiger partial charge in [0.1, 0.15) is 11.6 Å². The molecule has 1 saturated heterocycles. The van der Waals surface area contributed by atoms with Crippen molar-refractivity contribution in [1.82, 2.24) is 15.3 Å². The van der Waals surface area contributed by atoms with Gasteiger partial charge in [0.05, 0.1) is 5.92 Å². The number of rotatable bonds is 2. The average molecular weight is 290 g/mol. The fourth-order valence-corrected chi connectivity index (χ4v) is 2.19. The zero-order chi connectivity index (χ0) is 15.8. The largest absolute Gasteiger partial charge is 0.355 e. The van der Waals surface area contributed by atoms with Crippen molar-refractivity contribution in [1.29, 1.82) is 0 Å². The van der Waals surface area contributed by atoms with Gasteiger partial charge in [0.2, 0.25) is 5.91 Å². The summed E-state index contributed by atoms with van der Waals surface area (Å²) in [5, 5.41) is 3.03. The molecule has 0 bridgehead atoms. The van der Waals surface area contributed by atoms with Gasteiger partial charge in [-0.1, -0.05) is 20.8 Å². The maximum Gasteiger partial charge on any atom is 0.227 e. The number of amides is 1. The molecule has 1 aromatic rings. The third kappa shape index (κ3) is 3.93. The molecule has 0 spiro atoms. The molecule has 0 atom stereocenters. The summed E-state index contributed by atoms with van der Waals surface area (Å²) in [6, 6.07) is 1.91. The third-order valence-corrected chi connectivity index (χ3v) is 3.39. The molecule has 1 aliphatic heterocycles. The number of anilines is 1. The van der Waals surface area contributed by atoms with Gasteiger partial charge in [-0.3, -0.25) is 4.79 Å². The lowest BCUT2D eigenvalue weighted by atomic mass is 9.95. The van der Waals surface area contributed by atoms with Crippen molar-refractivity contribution >= 4 is 11.7 Å². The van der Waals surface area contributed by atoms with E-state index in [0.717, 1.165) is 24.7 Å². The van der Waals surface area contributed by atoms with Crippen LogP contribution in [0.15, 0.2) is 12.3 Å². The van der Waals surface area contributed by atoms with Gasteiger partial charge in [-0.05, 0) is 26.8 Å². The summed E-state index contributed by atoms with van der Waals surface area (Å²) in [6.07, 6.45) is 1.80. The Balaban J connectivity index is 1.97. The van der Waals surface area contributed by atoms with Crippen LogP contribution in [0.3, 0.4) is 0 Å². The fraction of sp³-hybridized carbons (Fsp3) is 0.688. The first kappa shape index (κ1) is 15.7. The van der Waals surface area contributed by atoms with Crippen molar-refractivity contribution in [3.63, 3.8) is 0 Å². The van der Waals surface area contributed by atoms with Crippen molar-refractivity contribution in [3.05, 3.63) is 18.1 Å². The van der Waals surface area contributed by atoms with E-state index in [1.54, 1.807) is 6.20 Å². The van der Waals surface area contributed by atoms with Crippen LogP contribution >= 0.6 is 0 Å². The molecule has 5 heteroatoms. The molecular formula is C16H26N4O. The second-order valence-corrected chi connectivity index (χ2v) is 7.83. The van der Waals surface area contributed by atoms with Gasteiger partial charge in [0, 0.05) is 30.2 Å². The molecule has 1 aliphatic rings. The van der Waals surface area contributed by atoms with Crippen molar-refractivity contribution in [2.24, 2.45) is 5.92 Å². The molecular weight excluding hydrogens is 264 g/mol. The van der Waals surface area contributed by atoms with Gasteiger partial charge < -0.3 is 10.2 Å². The summed E-state index contributed by atoms with van der Waals surface area (Å²) in [5.41, 5.74) is -0.240. The lowest BCUT2D eigenvalue weighted by Gasteiger charge is -2.40. The molecule has 1 aromatic heterocycles. The fourth-order valence-electron chi connectivity index (χ4n) is 2.19. The van der Waals surface area contributed by atoms with E-state index in [1.807, 2.05) is 26.8 Å². The standard InChI is InChI=1S/C16H26N4O/c1-15(2,3)14-17-8-7-12(18-14)20-9-11(10-20)13(21)19-16(4,5)6/h7-8,11H,9-10H2,1-6H3,(H,19,21). The molecule has 0 unspecified atom stereocenters. The van der Waals surface area contributed by atoms with Crippen LogP contribution in [0.2, 0.25) is 0 Å². The molecule has 0 radical (unpaired) electrons. The van der Waals surface area contributed by atoms with E-state index in [4.69, 9.17) is 0 Å².